The van der Waals surface area contributed by atoms with Crippen LogP contribution in [-0.4, -0.2) is 13.7 Å². The van der Waals surface area contributed by atoms with Gasteiger partial charge in [0.15, 0.2) is 0 Å². The fraction of sp³-hybridized carbons (Fsp3) is 0.391. The molecule has 1 aliphatic heterocycles. The quantitative estimate of drug-likeness (QED) is 0.401. The van der Waals surface area contributed by atoms with Gasteiger partial charge >= 0.3 is 6.18 Å². The molecule has 1 aliphatic rings. The van der Waals surface area contributed by atoms with Gasteiger partial charge in [-0.2, -0.15) is 13.2 Å². The van der Waals surface area contributed by atoms with Gasteiger partial charge in [0.25, 0.3) is 0 Å². The fourth-order valence-corrected chi connectivity index (χ4v) is 4.53. The third-order valence-corrected chi connectivity index (χ3v) is 6.23. The van der Waals surface area contributed by atoms with E-state index in [1.807, 2.05) is 45.0 Å². The van der Waals surface area contributed by atoms with Crippen LogP contribution in [0.2, 0.25) is 0 Å². The van der Waals surface area contributed by atoms with Crippen molar-refractivity contribution in [1.82, 2.24) is 5.32 Å². The van der Waals surface area contributed by atoms with Gasteiger partial charge in [-0.1, -0.05) is 45.0 Å². The third-order valence-electron chi connectivity index (χ3n) is 5.09. The molecule has 30 heavy (non-hydrogen) atoms. The summed E-state index contributed by atoms with van der Waals surface area (Å²) in [5.74, 6) is -0.310. The number of methoxy groups -OCH3 is 1. The number of halogens is 4. The molecule has 2 aromatic carbocycles. The van der Waals surface area contributed by atoms with E-state index in [0.29, 0.717) is 29.3 Å². The summed E-state index contributed by atoms with van der Waals surface area (Å²) in [4.78, 5) is -0.00905. The minimum absolute atomic E-state index is 0.00905. The molecule has 0 fully saturated rings. The smallest absolute Gasteiger partial charge is 0.419 e. The van der Waals surface area contributed by atoms with Crippen molar-refractivity contribution in [2.24, 2.45) is 5.41 Å². The molecule has 0 aliphatic carbocycles. The summed E-state index contributed by atoms with van der Waals surface area (Å²) in [5, 5.41) is 3.20. The maximum Gasteiger partial charge on any atom is 0.419 e. The van der Waals surface area contributed by atoms with Gasteiger partial charge in [-0.3, -0.25) is 0 Å². The highest BCUT2D eigenvalue weighted by molar-refractivity contribution is 7.98. The van der Waals surface area contributed by atoms with Crippen LogP contribution in [0.4, 0.5) is 17.6 Å². The van der Waals surface area contributed by atoms with E-state index in [2.05, 4.69) is 5.32 Å². The van der Waals surface area contributed by atoms with Gasteiger partial charge in [-0.25, -0.2) is 4.39 Å². The van der Waals surface area contributed by atoms with E-state index in [1.54, 1.807) is 7.11 Å². The van der Waals surface area contributed by atoms with Crippen molar-refractivity contribution >= 4 is 17.5 Å². The highest BCUT2D eigenvalue weighted by Gasteiger charge is 2.36. The lowest BCUT2D eigenvalue weighted by molar-refractivity contribution is -0.140. The van der Waals surface area contributed by atoms with Crippen LogP contribution in [0, 0.1) is 11.2 Å². The highest BCUT2D eigenvalue weighted by Crippen LogP contribution is 2.42. The Morgan fingerprint density at radius 3 is 2.47 bits per heavy atom. The monoisotopic (exact) mass is 439 g/mol. The summed E-state index contributed by atoms with van der Waals surface area (Å²) in [7, 11) is 1.54. The summed E-state index contributed by atoms with van der Waals surface area (Å²) in [5.41, 5.74) is 1.60. The van der Waals surface area contributed by atoms with Gasteiger partial charge in [0, 0.05) is 34.5 Å². The predicted molar refractivity (Wildman–Crippen MR) is 113 cm³/mol. The summed E-state index contributed by atoms with van der Waals surface area (Å²) < 4.78 is 60.5. The lowest BCUT2D eigenvalue weighted by Crippen LogP contribution is -2.18. The molecule has 0 unspecified atom stereocenters. The largest absolute Gasteiger partial charge is 0.496 e. The SMILES string of the molecule is CCc1ccc(OC)c(CSc2c(C3=CC(C)(C)CN3)ccc(C(F)(F)F)c2F)c1. The summed E-state index contributed by atoms with van der Waals surface area (Å²) in [6.07, 6.45) is -2.00. The zero-order valence-electron chi connectivity index (χ0n) is 17.4. The van der Waals surface area contributed by atoms with E-state index in [4.69, 9.17) is 4.74 Å². The number of hydrogen-bond donors (Lipinski definition) is 1. The second-order valence-electron chi connectivity index (χ2n) is 7.99. The molecule has 0 saturated heterocycles. The van der Waals surface area contributed by atoms with Crippen LogP contribution >= 0.6 is 11.8 Å². The Morgan fingerprint density at radius 2 is 1.90 bits per heavy atom. The first-order chi connectivity index (χ1) is 14.1. The van der Waals surface area contributed by atoms with Crippen LogP contribution in [0.5, 0.6) is 5.75 Å². The molecule has 0 atom stereocenters. The lowest BCUT2D eigenvalue weighted by Gasteiger charge is -2.17. The van der Waals surface area contributed by atoms with Gasteiger partial charge in [-0.15, -0.1) is 11.8 Å². The molecule has 0 amide bonds. The number of thioether (sulfide) groups is 1. The number of nitrogens with one attached hydrogen (secondary N) is 1. The molecule has 1 N–H and O–H groups in total. The van der Waals surface area contributed by atoms with Gasteiger partial charge in [0.05, 0.1) is 17.6 Å². The minimum Gasteiger partial charge on any atom is -0.496 e. The number of benzene rings is 2. The van der Waals surface area contributed by atoms with Crippen molar-refractivity contribution in [2.45, 2.75) is 44.0 Å². The third kappa shape index (κ3) is 4.77. The zero-order chi connectivity index (χ0) is 22.1. The Morgan fingerprint density at radius 1 is 1.17 bits per heavy atom. The molecule has 3 rings (SSSR count). The van der Waals surface area contributed by atoms with Crippen LogP contribution in [0.3, 0.4) is 0 Å². The van der Waals surface area contributed by atoms with E-state index < -0.39 is 17.6 Å². The van der Waals surface area contributed by atoms with Crippen molar-refractivity contribution in [3.8, 4) is 5.75 Å². The normalized spacial score (nSPS) is 15.7. The first-order valence-electron chi connectivity index (χ1n) is 9.71. The zero-order valence-corrected chi connectivity index (χ0v) is 18.2. The van der Waals surface area contributed by atoms with E-state index in [0.717, 1.165) is 35.4 Å². The molecule has 0 radical (unpaired) electrons. The number of rotatable bonds is 6. The standard InChI is InChI=1S/C23H25F4NOS/c1-5-14-6-9-19(29-4)15(10-14)12-30-21-16(18-11-22(2,3)13-28-18)7-8-17(20(21)24)23(25,26)27/h6-11,28H,5,12-13H2,1-4H3. The van der Waals surface area contributed by atoms with E-state index in [9.17, 15) is 13.2 Å². The van der Waals surface area contributed by atoms with Crippen LogP contribution in [0.1, 0.15) is 43.0 Å². The van der Waals surface area contributed by atoms with Gasteiger partial charge < -0.3 is 10.1 Å². The van der Waals surface area contributed by atoms with Crippen molar-refractivity contribution in [1.29, 1.82) is 0 Å². The van der Waals surface area contributed by atoms with Gasteiger partial charge in [0.2, 0.25) is 0 Å². The van der Waals surface area contributed by atoms with E-state index in [1.165, 1.54) is 6.07 Å². The second-order valence-corrected chi connectivity index (χ2v) is 8.98. The Bertz CT molecular complexity index is 966. The number of alkyl halides is 3. The van der Waals surface area contributed by atoms with Gasteiger partial charge in [-0.05, 0) is 24.1 Å². The maximum absolute atomic E-state index is 15.1. The molecule has 0 aromatic heterocycles. The fourth-order valence-electron chi connectivity index (χ4n) is 3.43. The molecule has 0 bridgehead atoms. The van der Waals surface area contributed by atoms with Crippen LogP contribution in [0.25, 0.3) is 5.70 Å². The Hall–Kier alpha value is -2.15. The van der Waals surface area contributed by atoms with E-state index >= 15 is 4.39 Å². The maximum atomic E-state index is 15.1. The van der Waals surface area contributed by atoms with Crippen LogP contribution in [-0.2, 0) is 18.3 Å². The second kappa shape index (κ2) is 8.53. The number of aryl methyl sites for hydroxylation is 1. The molecule has 1 heterocycles. The Labute approximate surface area is 178 Å². The molecule has 0 saturated carbocycles. The molecule has 2 nitrogen and oxygen atoms in total. The Kier molecular flexibility index (Phi) is 6.41. The lowest BCUT2D eigenvalue weighted by atomic mass is 9.95. The van der Waals surface area contributed by atoms with Crippen LogP contribution in [0.15, 0.2) is 41.3 Å². The molecular formula is C23H25F4NOS. The first kappa shape index (κ1) is 22.5. The van der Waals surface area contributed by atoms with Crippen molar-refractivity contribution < 1.29 is 22.3 Å². The molecule has 7 heteroatoms. The molecule has 162 valence electrons. The van der Waals surface area contributed by atoms with Crippen molar-refractivity contribution in [3.05, 3.63) is 64.5 Å². The number of ether oxygens (including phenoxy) is 1. The highest BCUT2D eigenvalue weighted by atomic mass is 32.2. The van der Waals surface area contributed by atoms with E-state index in [-0.39, 0.29) is 10.3 Å². The van der Waals surface area contributed by atoms with Crippen molar-refractivity contribution in [2.75, 3.05) is 13.7 Å². The van der Waals surface area contributed by atoms with Gasteiger partial charge in [0.1, 0.15) is 11.6 Å². The predicted octanol–water partition coefficient (Wildman–Crippen LogP) is 6.68. The summed E-state index contributed by atoms with van der Waals surface area (Å²) in [6, 6.07) is 7.91. The topological polar surface area (TPSA) is 21.3 Å². The summed E-state index contributed by atoms with van der Waals surface area (Å²) in [6.45, 7) is 6.69. The average Bonchev–Trinajstić information content (AvgIpc) is 3.05. The molecular weight excluding hydrogens is 414 g/mol. The van der Waals surface area contributed by atoms with Crippen molar-refractivity contribution in [3.63, 3.8) is 0 Å². The summed E-state index contributed by atoms with van der Waals surface area (Å²) >= 11 is 1.06. The minimum atomic E-state index is -4.76. The molecule has 0 spiro atoms. The first-order valence-corrected chi connectivity index (χ1v) is 10.7. The Balaban J connectivity index is 2.04. The number of hydrogen-bond acceptors (Lipinski definition) is 3. The molecule has 2 aromatic rings. The average molecular weight is 440 g/mol. The van der Waals surface area contributed by atoms with Crippen LogP contribution < -0.4 is 10.1 Å².